The molecule has 0 aliphatic carbocycles. The minimum absolute atomic E-state index is 0.0788. The van der Waals surface area contributed by atoms with Gasteiger partial charge in [0.15, 0.2) is 5.78 Å². The highest BCUT2D eigenvalue weighted by Crippen LogP contribution is 2.30. The van der Waals surface area contributed by atoms with Gasteiger partial charge in [0.25, 0.3) is 0 Å². The first-order chi connectivity index (χ1) is 8.07. The van der Waals surface area contributed by atoms with E-state index in [1.807, 2.05) is 32.0 Å². The molecule has 1 atom stereocenters. The molecule has 2 rings (SSSR count). The number of carbonyl (C=O) groups is 1. The highest BCUT2D eigenvalue weighted by atomic mass is 16.5. The van der Waals surface area contributed by atoms with Gasteiger partial charge in [-0.3, -0.25) is 4.79 Å². The molecule has 0 aromatic heterocycles. The monoisotopic (exact) mass is 234 g/mol. The summed E-state index contributed by atoms with van der Waals surface area (Å²) in [5.41, 5.74) is 1.03. The van der Waals surface area contributed by atoms with Crippen molar-refractivity contribution >= 4 is 5.78 Å². The van der Waals surface area contributed by atoms with Crippen molar-refractivity contribution in [1.82, 2.24) is 0 Å². The topological polar surface area (TPSA) is 35.5 Å². The zero-order valence-corrected chi connectivity index (χ0v) is 10.6. The zero-order valence-electron chi connectivity index (χ0n) is 10.6. The molecule has 1 unspecified atom stereocenters. The molecule has 0 N–H and O–H groups in total. The lowest BCUT2D eigenvalue weighted by Crippen LogP contribution is -2.34. The first kappa shape index (κ1) is 12.1. The molecule has 1 aromatic carbocycles. The van der Waals surface area contributed by atoms with Gasteiger partial charge in [-0.1, -0.05) is 0 Å². The predicted molar refractivity (Wildman–Crippen MR) is 65.7 cm³/mol. The molecule has 1 saturated heterocycles. The number of carbonyl (C=O) groups excluding carboxylic acids is 1. The molecule has 1 fully saturated rings. The predicted octanol–water partition coefficient (Wildman–Crippen LogP) is 2.76. The summed E-state index contributed by atoms with van der Waals surface area (Å²) in [6.45, 7) is 4.48. The normalized spacial score (nSPS) is 23.7. The van der Waals surface area contributed by atoms with Crippen LogP contribution < -0.4 is 4.74 Å². The van der Waals surface area contributed by atoms with Crippen LogP contribution in [0.4, 0.5) is 0 Å². The van der Waals surface area contributed by atoms with E-state index in [-0.39, 0.29) is 5.78 Å². The average Bonchev–Trinajstić information content (AvgIpc) is 2.76. The van der Waals surface area contributed by atoms with Gasteiger partial charge in [0.05, 0.1) is 7.11 Å². The molecule has 3 heteroatoms. The van der Waals surface area contributed by atoms with Gasteiger partial charge in [-0.2, -0.15) is 0 Å². The van der Waals surface area contributed by atoms with Crippen LogP contribution in [0.2, 0.25) is 0 Å². The number of hydrogen-bond acceptors (Lipinski definition) is 3. The molecular formula is C14H18O3. The number of ether oxygens (including phenoxy) is 2. The van der Waals surface area contributed by atoms with Gasteiger partial charge in [0, 0.05) is 12.2 Å². The van der Waals surface area contributed by atoms with Crippen LogP contribution in [0.15, 0.2) is 18.2 Å². The third-order valence-electron chi connectivity index (χ3n) is 3.38. The summed E-state index contributed by atoms with van der Waals surface area (Å²) in [6.07, 6.45) is 1.76. The van der Waals surface area contributed by atoms with Crippen molar-refractivity contribution in [3.8, 4) is 5.75 Å². The fraction of sp³-hybridized carbons (Fsp3) is 0.500. The second kappa shape index (κ2) is 4.49. The number of methoxy groups -OCH3 is 1. The third-order valence-corrected chi connectivity index (χ3v) is 3.38. The van der Waals surface area contributed by atoms with Crippen molar-refractivity contribution in [2.75, 3.05) is 13.7 Å². The Kier molecular flexibility index (Phi) is 3.20. The molecule has 17 heavy (non-hydrogen) atoms. The largest absolute Gasteiger partial charge is 0.497 e. The first-order valence-corrected chi connectivity index (χ1v) is 5.90. The molecule has 1 aliphatic heterocycles. The minimum Gasteiger partial charge on any atom is -0.497 e. The Morgan fingerprint density at radius 1 is 1.47 bits per heavy atom. The lowest BCUT2D eigenvalue weighted by Gasteiger charge is -2.22. The summed E-state index contributed by atoms with van der Waals surface area (Å²) in [5.74, 6) is 0.853. The summed E-state index contributed by atoms with van der Waals surface area (Å²) in [5, 5.41) is 0. The average molecular weight is 234 g/mol. The fourth-order valence-electron chi connectivity index (χ4n) is 2.26. The van der Waals surface area contributed by atoms with E-state index in [0.717, 1.165) is 29.7 Å². The SMILES string of the molecule is COc1ccc(C(=O)C2(C)CCCO2)c(C)c1. The van der Waals surface area contributed by atoms with E-state index >= 15 is 0 Å². The van der Waals surface area contributed by atoms with Gasteiger partial charge < -0.3 is 9.47 Å². The highest BCUT2D eigenvalue weighted by molar-refractivity contribution is 6.03. The maximum atomic E-state index is 12.4. The first-order valence-electron chi connectivity index (χ1n) is 5.90. The van der Waals surface area contributed by atoms with E-state index in [1.54, 1.807) is 7.11 Å². The van der Waals surface area contributed by atoms with Crippen LogP contribution >= 0.6 is 0 Å². The quantitative estimate of drug-likeness (QED) is 0.754. The molecule has 1 aromatic rings. The molecule has 1 aliphatic rings. The van der Waals surface area contributed by atoms with E-state index in [9.17, 15) is 4.79 Å². The molecule has 0 bridgehead atoms. The molecule has 92 valence electrons. The van der Waals surface area contributed by atoms with E-state index in [0.29, 0.717) is 6.61 Å². The fourth-order valence-corrected chi connectivity index (χ4v) is 2.26. The molecule has 1 heterocycles. The van der Waals surface area contributed by atoms with Crippen LogP contribution in [0, 0.1) is 6.92 Å². The molecule has 3 nitrogen and oxygen atoms in total. The van der Waals surface area contributed by atoms with Crippen molar-refractivity contribution in [3.05, 3.63) is 29.3 Å². The van der Waals surface area contributed by atoms with Crippen LogP contribution in [-0.2, 0) is 4.74 Å². The maximum Gasteiger partial charge on any atom is 0.194 e. The van der Waals surface area contributed by atoms with Gasteiger partial charge in [0.2, 0.25) is 0 Å². The van der Waals surface area contributed by atoms with Gasteiger partial charge in [-0.25, -0.2) is 0 Å². The van der Waals surface area contributed by atoms with Crippen molar-refractivity contribution in [1.29, 1.82) is 0 Å². The van der Waals surface area contributed by atoms with Crippen molar-refractivity contribution < 1.29 is 14.3 Å². The number of Topliss-reactive ketones (excluding diaryl/α,β-unsaturated/α-hetero) is 1. The number of aryl methyl sites for hydroxylation is 1. The summed E-state index contributed by atoms with van der Waals surface area (Å²) >= 11 is 0. The van der Waals surface area contributed by atoms with E-state index < -0.39 is 5.60 Å². The number of rotatable bonds is 3. The van der Waals surface area contributed by atoms with E-state index in [1.165, 1.54) is 0 Å². The Morgan fingerprint density at radius 3 is 2.76 bits per heavy atom. The Morgan fingerprint density at radius 2 is 2.24 bits per heavy atom. The molecule has 0 saturated carbocycles. The van der Waals surface area contributed by atoms with Crippen molar-refractivity contribution in [2.24, 2.45) is 0 Å². The van der Waals surface area contributed by atoms with Crippen LogP contribution in [0.1, 0.15) is 35.7 Å². The Balaban J connectivity index is 2.31. The van der Waals surface area contributed by atoms with Gasteiger partial charge in [-0.05, 0) is 50.5 Å². The van der Waals surface area contributed by atoms with Crippen molar-refractivity contribution in [2.45, 2.75) is 32.3 Å². The molecule has 0 amide bonds. The molecule has 0 radical (unpaired) electrons. The summed E-state index contributed by atoms with van der Waals surface area (Å²) < 4.78 is 10.7. The van der Waals surface area contributed by atoms with Gasteiger partial charge in [0.1, 0.15) is 11.4 Å². The van der Waals surface area contributed by atoms with E-state index in [2.05, 4.69) is 0 Å². The summed E-state index contributed by atoms with van der Waals surface area (Å²) in [6, 6.07) is 5.52. The number of hydrogen-bond donors (Lipinski definition) is 0. The third kappa shape index (κ3) is 2.20. The number of benzene rings is 1. The number of ketones is 1. The molecular weight excluding hydrogens is 216 g/mol. The minimum atomic E-state index is -0.640. The molecule has 0 spiro atoms. The van der Waals surface area contributed by atoms with Crippen LogP contribution in [-0.4, -0.2) is 25.1 Å². The highest BCUT2D eigenvalue weighted by Gasteiger charge is 2.38. The second-order valence-corrected chi connectivity index (χ2v) is 4.69. The maximum absolute atomic E-state index is 12.4. The standard InChI is InChI=1S/C14H18O3/c1-10-9-11(16-3)5-6-12(10)13(15)14(2)7-4-8-17-14/h5-6,9H,4,7-8H2,1-3H3. The van der Waals surface area contributed by atoms with Gasteiger partial charge >= 0.3 is 0 Å². The lowest BCUT2D eigenvalue weighted by molar-refractivity contribution is 0.0213. The van der Waals surface area contributed by atoms with Gasteiger partial charge in [-0.15, -0.1) is 0 Å². The second-order valence-electron chi connectivity index (χ2n) is 4.69. The zero-order chi connectivity index (χ0) is 12.5. The smallest absolute Gasteiger partial charge is 0.194 e. The Labute approximate surface area is 102 Å². The van der Waals surface area contributed by atoms with Crippen LogP contribution in [0.3, 0.4) is 0 Å². The van der Waals surface area contributed by atoms with Crippen LogP contribution in [0.25, 0.3) is 0 Å². The van der Waals surface area contributed by atoms with Crippen molar-refractivity contribution in [3.63, 3.8) is 0 Å². The lowest BCUT2D eigenvalue weighted by atomic mass is 9.90. The summed E-state index contributed by atoms with van der Waals surface area (Å²) in [7, 11) is 1.62. The van der Waals surface area contributed by atoms with E-state index in [4.69, 9.17) is 9.47 Å². The Bertz CT molecular complexity index is 431. The Hall–Kier alpha value is -1.35. The summed E-state index contributed by atoms with van der Waals surface area (Å²) in [4.78, 5) is 12.4. The van der Waals surface area contributed by atoms with Crippen LogP contribution in [0.5, 0.6) is 5.75 Å².